The first kappa shape index (κ1) is 22.8. The summed E-state index contributed by atoms with van der Waals surface area (Å²) >= 11 is 0. The van der Waals surface area contributed by atoms with Gasteiger partial charge in [-0.05, 0) is 49.9 Å². The standard InChI is InChI=1S/C26H29N5O2/c1-17-16-30(11-12-31(17)23(32)10-13-33-3)26-22(15-28)18(2)24(25(29-26)21-8-9-21)20-6-4-19(14-27)5-7-20/h4-7,17,21H,8-13,16H2,1-3H3/t17-/m1/s1. The first-order chi connectivity index (χ1) is 16.0. The van der Waals surface area contributed by atoms with Crippen LogP contribution in [0, 0.1) is 29.6 Å². The molecule has 2 fully saturated rings. The van der Waals surface area contributed by atoms with Gasteiger partial charge in [0.05, 0.1) is 35.9 Å². The van der Waals surface area contributed by atoms with Crippen molar-refractivity contribution < 1.29 is 9.53 Å². The Balaban J connectivity index is 1.68. The van der Waals surface area contributed by atoms with E-state index in [1.807, 2.05) is 43.0 Å². The third kappa shape index (κ3) is 4.55. The number of pyridine rings is 1. The van der Waals surface area contributed by atoms with Crippen LogP contribution in [-0.2, 0) is 9.53 Å². The number of carbonyl (C=O) groups excluding carboxylic acids is 1. The molecule has 0 unspecified atom stereocenters. The van der Waals surface area contributed by atoms with Crippen LogP contribution >= 0.6 is 0 Å². The summed E-state index contributed by atoms with van der Waals surface area (Å²) in [5.74, 6) is 1.23. The SMILES string of the molecule is COCCC(=O)N1CCN(c2nc(C3CC3)c(-c3ccc(C#N)cc3)c(C)c2C#N)C[C@H]1C. The van der Waals surface area contributed by atoms with Gasteiger partial charge in [-0.15, -0.1) is 0 Å². The molecule has 1 aromatic carbocycles. The molecular weight excluding hydrogens is 414 g/mol. The third-order valence-corrected chi connectivity index (χ3v) is 6.60. The fraction of sp³-hybridized carbons (Fsp3) is 0.462. The molecule has 0 radical (unpaired) electrons. The molecule has 2 heterocycles. The van der Waals surface area contributed by atoms with E-state index in [2.05, 4.69) is 17.0 Å². The number of hydrogen-bond acceptors (Lipinski definition) is 6. The van der Waals surface area contributed by atoms with Crippen LogP contribution in [0.5, 0.6) is 0 Å². The van der Waals surface area contributed by atoms with Crippen molar-refractivity contribution in [3.05, 3.63) is 46.6 Å². The minimum absolute atomic E-state index is 0.0272. The topological polar surface area (TPSA) is 93.2 Å². The van der Waals surface area contributed by atoms with Crippen molar-refractivity contribution in [2.24, 2.45) is 0 Å². The Bertz CT molecular complexity index is 1130. The van der Waals surface area contributed by atoms with Crippen molar-refractivity contribution in [2.45, 2.75) is 45.1 Å². The first-order valence-corrected chi connectivity index (χ1v) is 11.5. The lowest BCUT2D eigenvalue weighted by Gasteiger charge is -2.41. The number of aromatic nitrogens is 1. The zero-order chi connectivity index (χ0) is 23.5. The molecule has 1 atom stereocenters. The summed E-state index contributed by atoms with van der Waals surface area (Å²) in [5, 5.41) is 19.2. The smallest absolute Gasteiger partial charge is 0.225 e. The highest BCUT2D eigenvalue weighted by molar-refractivity contribution is 5.79. The lowest BCUT2D eigenvalue weighted by atomic mass is 9.93. The van der Waals surface area contributed by atoms with Crippen LogP contribution in [-0.4, -0.2) is 55.2 Å². The van der Waals surface area contributed by atoms with Crippen LogP contribution in [0.2, 0.25) is 0 Å². The van der Waals surface area contributed by atoms with Gasteiger partial charge in [0.2, 0.25) is 5.91 Å². The van der Waals surface area contributed by atoms with Crippen molar-refractivity contribution >= 4 is 11.7 Å². The Morgan fingerprint density at radius 1 is 1.18 bits per heavy atom. The van der Waals surface area contributed by atoms with Gasteiger partial charge >= 0.3 is 0 Å². The normalized spacial score (nSPS) is 18.0. The van der Waals surface area contributed by atoms with Crippen molar-refractivity contribution in [1.82, 2.24) is 9.88 Å². The highest BCUT2D eigenvalue weighted by atomic mass is 16.5. The molecule has 2 aliphatic rings. The first-order valence-electron chi connectivity index (χ1n) is 11.5. The van der Waals surface area contributed by atoms with E-state index in [4.69, 9.17) is 15.0 Å². The van der Waals surface area contributed by atoms with Gasteiger partial charge in [0.15, 0.2) is 0 Å². The molecule has 0 bridgehead atoms. The molecule has 7 nitrogen and oxygen atoms in total. The number of nitriles is 2. The Hall–Kier alpha value is -3.42. The van der Waals surface area contributed by atoms with Gasteiger partial charge in [-0.25, -0.2) is 4.98 Å². The zero-order valence-electron chi connectivity index (χ0n) is 19.5. The van der Waals surface area contributed by atoms with E-state index < -0.39 is 0 Å². The zero-order valence-corrected chi connectivity index (χ0v) is 19.5. The minimum Gasteiger partial charge on any atom is -0.384 e. The maximum Gasteiger partial charge on any atom is 0.225 e. The maximum atomic E-state index is 12.5. The number of benzene rings is 1. The molecule has 1 amide bonds. The van der Waals surface area contributed by atoms with Crippen molar-refractivity contribution in [3.8, 4) is 23.3 Å². The van der Waals surface area contributed by atoms with Crippen LogP contribution in [0.15, 0.2) is 24.3 Å². The van der Waals surface area contributed by atoms with Crippen LogP contribution in [0.4, 0.5) is 5.82 Å². The van der Waals surface area contributed by atoms with Crippen molar-refractivity contribution in [1.29, 1.82) is 10.5 Å². The summed E-state index contributed by atoms with van der Waals surface area (Å²) in [7, 11) is 1.60. The maximum absolute atomic E-state index is 12.5. The predicted molar refractivity (Wildman–Crippen MR) is 126 cm³/mol. The van der Waals surface area contributed by atoms with E-state index in [-0.39, 0.29) is 11.9 Å². The molecule has 0 N–H and O–H groups in total. The molecule has 170 valence electrons. The van der Waals surface area contributed by atoms with Gasteiger partial charge < -0.3 is 14.5 Å². The molecule has 1 saturated carbocycles. The van der Waals surface area contributed by atoms with E-state index >= 15 is 0 Å². The van der Waals surface area contributed by atoms with Crippen LogP contribution < -0.4 is 4.90 Å². The Morgan fingerprint density at radius 3 is 2.48 bits per heavy atom. The van der Waals surface area contributed by atoms with Gasteiger partial charge in [-0.1, -0.05) is 12.1 Å². The summed E-state index contributed by atoms with van der Waals surface area (Å²) < 4.78 is 5.05. The molecule has 1 aromatic heterocycles. The molecule has 1 aliphatic carbocycles. The molecule has 0 spiro atoms. The number of amides is 1. The number of rotatable bonds is 6. The number of anilines is 1. The van der Waals surface area contributed by atoms with E-state index in [0.717, 1.165) is 41.0 Å². The Labute approximate surface area is 195 Å². The summed E-state index contributed by atoms with van der Waals surface area (Å²) in [5.41, 5.74) is 5.18. The van der Waals surface area contributed by atoms with Crippen molar-refractivity contribution in [2.75, 3.05) is 38.3 Å². The third-order valence-electron chi connectivity index (χ3n) is 6.60. The van der Waals surface area contributed by atoms with Gasteiger partial charge in [-0.2, -0.15) is 10.5 Å². The number of nitrogens with zero attached hydrogens (tertiary/aromatic N) is 5. The number of methoxy groups -OCH3 is 1. The van der Waals surface area contributed by atoms with E-state index in [9.17, 15) is 10.1 Å². The monoisotopic (exact) mass is 443 g/mol. The minimum atomic E-state index is 0.0272. The second-order valence-corrected chi connectivity index (χ2v) is 8.90. The molecule has 33 heavy (non-hydrogen) atoms. The fourth-order valence-electron chi connectivity index (χ4n) is 4.65. The molecule has 7 heteroatoms. The van der Waals surface area contributed by atoms with Crippen LogP contribution in [0.25, 0.3) is 11.1 Å². The van der Waals surface area contributed by atoms with Crippen LogP contribution in [0.1, 0.15) is 54.5 Å². The van der Waals surface area contributed by atoms with Crippen molar-refractivity contribution in [3.63, 3.8) is 0 Å². The molecule has 1 aliphatic heterocycles. The van der Waals surface area contributed by atoms with Crippen LogP contribution in [0.3, 0.4) is 0 Å². The van der Waals surface area contributed by atoms with Gasteiger partial charge in [0.1, 0.15) is 11.9 Å². The summed E-state index contributed by atoms with van der Waals surface area (Å²) in [6, 6.07) is 12.1. The summed E-state index contributed by atoms with van der Waals surface area (Å²) in [6.07, 6.45) is 2.57. The summed E-state index contributed by atoms with van der Waals surface area (Å²) in [4.78, 5) is 21.7. The molecule has 2 aromatic rings. The fourth-order valence-corrected chi connectivity index (χ4v) is 4.65. The molecule has 1 saturated heterocycles. The largest absolute Gasteiger partial charge is 0.384 e. The lowest BCUT2D eigenvalue weighted by molar-refractivity contribution is -0.134. The lowest BCUT2D eigenvalue weighted by Crippen LogP contribution is -2.54. The molecular formula is C26H29N5O2. The average molecular weight is 444 g/mol. The highest BCUT2D eigenvalue weighted by Gasteiger charge is 2.34. The Morgan fingerprint density at radius 2 is 1.91 bits per heavy atom. The van der Waals surface area contributed by atoms with Gasteiger partial charge in [0.25, 0.3) is 0 Å². The number of hydrogen-bond donors (Lipinski definition) is 0. The second-order valence-electron chi connectivity index (χ2n) is 8.90. The average Bonchev–Trinajstić information content (AvgIpc) is 3.67. The summed E-state index contributed by atoms with van der Waals surface area (Å²) in [6.45, 7) is 6.35. The highest BCUT2D eigenvalue weighted by Crippen LogP contribution is 2.46. The number of ether oxygens (including phenoxy) is 1. The number of carbonyl (C=O) groups is 1. The molecule has 4 rings (SSSR count). The quantitative estimate of drug-likeness (QED) is 0.675. The number of piperazine rings is 1. The second kappa shape index (κ2) is 9.60. The van der Waals surface area contributed by atoms with Gasteiger partial charge in [-0.3, -0.25) is 4.79 Å². The van der Waals surface area contributed by atoms with E-state index in [1.165, 1.54) is 0 Å². The van der Waals surface area contributed by atoms with Gasteiger partial charge in [0, 0.05) is 44.3 Å². The van der Waals surface area contributed by atoms with E-state index in [1.54, 1.807) is 7.11 Å². The predicted octanol–water partition coefficient (Wildman–Crippen LogP) is 3.75. The van der Waals surface area contributed by atoms with E-state index in [0.29, 0.717) is 49.7 Å². The Kier molecular flexibility index (Phi) is 6.62.